The lowest BCUT2D eigenvalue weighted by Gasteiger charge is -2.29. The number of rotatable bonds is 6. The van der Waals surface area contributed by atoms with E-state index in [4.69, 9.17) is 4.52 Å². The number of hydrogen-bond acceptors (Lipinski definition) is 3. The summed E-state index contributed by atoms with van der Waals surface area (Å²) < 4.78 is 39.8. The van der Waals surface area contributed by atoms with Crippen molar-refractivity contribution >= 4 is 17.6 Å². The van der Waals surface area contributed by atoms with Crippen molar-refractivity contribution in [1.82, 2.24) is 9.34 Å². The summed E-state index contributed by atoms with van der Waals surface area (Å²) in [6.45, 7) is 5.78. The van der Waals surface area contributed by atoms with E-state index in [0.29, 0.717) is 6.61 Å². The van der Waals surface area contributed by atoms with Crippen LogP contribution in [0.3, 0.4) is 0 Å². The van der Waals surface area contributed by atoms with Gasteiger partial charge < -0.3 is 4.52 Å². The van der Waals surface area contributed by atoms with Gasteiger partial charge in [0.05, 0.1) is 11.5 Å². The topological polar surface area (TPSA) is 62.2 Å². The van der Waals surface area contributed by atoms with Crippen molar-refractivity contribution in [3.8, 4) is 0 Å². The third kappa shape index (κ3) is 4.16. The smallest absolute Gasteiger partial charge is 0.285 e. The predicted octanol–water partition coefficient (Wildman–Crippen LogP) is 3.49. The Morgan fingerprint density at radius 2 is 1.75 bits per heavy atom. The number of nitrogens with zero attached hydrogens (tertiary/aromatic N) is 3. The first-order valence-corrected chi connectivity index (χ1v) is 11.0. The lowest BCUT2D eigenvalue weighted by atomic mass is 10.2. The molecule has 0 bridgehead atoms. The van der Waals surface area contributed by atoms with Crippen molar-refractivity contribution in [2.75, 3.05) is 33.8 Å². The first-order chi connectivity index (χ1) is 11.3. The van der Waals surface area contributed by atoms with Gasteiger partial charge in [0, 0.05) is 13.1 Å². The van der Waals surface area contributed by atoms with Crippen LogP contribution in [0, 0.1) is 6.92 Å². The summed E-state index contributed by atoms with van der Waals surface area (Å²) in [5.74, 6) is 0. The highest BCUT2D eigenvalue weighted by Gasteiger charge is 2.39. The Morgan fingerprint density at radius 1 is 1.17 bits per heavy atom. The second-order valence-corrected chi connectivity index (χ2v) is 10.5. The summed E-state index contributed by atoms with van der Waals surface area (Å²) in [6, 6.07) is 6.75. The minimum absolute atomic E-state index is 0.203. The second kappa shape index (κ2) is 7.93. The molecule has 24 heavy (non-hydrogen) atoms. The lowest BCUT2D eigenvalue weighted by Crippen LogP contribution is -2.17. The normalized spacial score (nSPS) is 19.2. The highest BCUT2D eigenvalue weighted by atomic mass is 32.2. The van der Waals surface area contributed by atoms with Gasteiger partial charge in [0.15, 0.2) is 0 Å². The van der Waals surface area contributed by atoms with Crippen molar-refractivity contribution in [2.24, 2.45) is 4.15 Å². The van der Waals surface area contributed by atoms with Crippen molar-refractivity contribution < 1.29 is 12.9 Å². The van der Waals surface area contributed by atoms with E-state index >= 15 is 0 Å². The fourth-order valence-electron chi connectivity index (χ4n) is 2.43. The zero-order valence-corrected chi connectivity index (χ0v) is 16.4. The maximum Gasteiger partial charge on any atom is 0.285 e. The lowest BCUT2D eigenvalue weighted by molar-refractivity contribution is 0.340. The summed E-state index contributed by atoms with van der Waals surface area (Å²) in [5.41, 5.74) is 1.01. The number of sulfonamides is 1. The molecular weight excluding hydrogens is 345 g/mol. The van der Waals surface area contributed by atoms with Gasteiger partial charge in [-0.05, 0) is 39.6 Å². The molecule has 1 saturated heterocycles. The van der Waals surface area contributed by atoms with Crippen LogP contribution in [0.4, 0.5) is 0 Å². The Bertz CT molecular complexity index is 730. The molecule has 0 saturated carbocycles. The van der Waals surface area contributed by atoms with Crippen LogP contribution < -0.4 is 0 Å². The average molecular weight is 371 g/mol. The SMILES string of the molecule is CC/C=C\COP1(=NS(=O)(=O)c2ccc(C)cc2)N(C)CCN1C. The Labute approximate surface area is 145 Å². The molecule has 0 aromatic heterocycles. The van der Waals surface area contributed by atoms with E-state index in [1.165, 1.54) is 0 Å². The van der Waals surface area contributed by atoms with Gasteiger partial charge in [-0.3, -0.25) is 0 Å². The van der Waals surface area contributed by atoms with E-state index < -0.39 is 17.6 Å². The zero-order chi connectivity index (χ0) is 17.8. The summed E-state index contributed by atoms with van der Waals surface area (Å²) in [7, 11) is -2.76. The average Bonchev–Trinajstić information content (AvgIpc) is 2.80. The molecule has 8 heteroatoms. The predicted molar refractivity (Wildman–Crippen MR) is 98.4 cm³/mol. The van der Waals surface area contributed by atoms with Gasteiger partial charge in [-0.25, -0.2) is 9.34 Å². The number of benzene rings is 1. The van der Waals surface area contributed by atoms with Gasteiger partial charge in [0.1, 0.15) is 0 Å². The van der Waals surface area contributed by atoms with Gasteiger partial charge in [-0.2, -0.15) is 8.42 Å². The van der Waals surface area contributed by atoms with Gasteiger partial charge >= 0.3 is 0 Å². The third-order valence-electron chi connectivity index (χ3n) is 3.92. The summed E-state index contributed by atoms with van der Waals surface area (Å²) in [5, 5.41) is 0. The van der Waals surface area contributed by atoms with Crippen LogP contribution in [-0.4, -0.2) is 51.6 Å². The van der Waals surface area contributed by atoms with Gasteiger partial charge in [0.2, 0.25) is 7.58 Å². The molecule has 0 unspecified atom stereocenters. The fourth-order valence-corrected chi connectivity index (χ4v) is 7.50. The molecular formula is C16H26N3O3PS. The maximum absolute atomic E-state index is 12.8. The monoisotopic (exact) mass is 371 g/mol. The van der Waals surface area contributed by atoms with Crippen LogP contribution in [0.2, 0.25) is 0 Å². The van der Waals surface area contributed by atoms with E-state index in [1.807, 2.05) is 49.4 Å². The van der Waals surface area contributed by atoms with Gasteiger partial charge in [-0.15, -0.1) is 4.15 Å². The van der Waals surface area contributed by atoms with Crippen LogP contribution in [0.25, 0.3) is 0 Å². The van der Waals surface area contributed by atoms with Crippen LogP contribution >= 0.6 is 7.58 Å². The molecule has 1 heterocycles. The summed E-state index contributed by atoms with van der Waals surface area (Å²) in [6.07, 6.45) is 4.83. The van der Waals surface area contributed by atoms with Crippen molar-refractivity contribution in [3.63, 3.8) is 0 Å². The maximum atomic E-state index is 12.8. The van der Waals surface area contributed by atoms with E-state index in [-0.39, 0.29) is 4.90 Å². The first-order valence-electron chi connectivity index (χ1n) is 8.00. The highest BCUT2D eigenvalue weighted by Crippen LogP contribution is 2.60. The molecule has 1 aliphatic heterocycles. The van der Waals surface area contributed by atoms with Gasteiger partial charge in [0.25, 0.3) is 10.0 Å². The second-order valence-electron chi connectivity index (χ2n) is 5.82. The summed E-state index contributed by atoms with van der Waals surface area (Å²) >= 11 is 0. The number of allylic oxidation sites excluding steroid dienone is 1. The van der Waals surface area contributed by atoms with E-state index in [2.05, 4.69) is 4.15 Å². The van der Waals surface area contributed by atoms with Crippen LogP contribution in [-0.2, 0) is 14.5 Å². The highest BCUT2D eigenvalue weighted by molar-refractivity contribution is 7.93. The van der Waals surface area contributed by atoms with Crippen molar-refractivity contribution in [2.45, 2.75) is 25.2 Å². The number of likely N-dealkylation sites (N-methyl/N-ethyl adjacent to an activating group) is 2. The number of aryl methyl sites for hydroxylation is 1. The fraction of sp³-hybridized carbons (Fsp3) is 0.500. The molecule has 0 radical (unpaired) electrons. The summed E-state index contributed by atoms with van der Waals surface area (Å²) in [4.78, 5) is 0.203. The number of hydrogen-bond donors (Lipinski definition) is 0. The molecule has 1 fully saturated rings. The third-order valence-corrected chi connectivity index (χ3v) is 9.17. The van der Waals surface area contributed by atoms with E-state index in [9.17, 15) is 8.42 Å². The Kier molecular flexibility index (Phi) is 6.39. The Balaban J connectivity index is 2.44. The molecule has 0 spiro atoms. The van der Waals surface area contributed by atoms with E-state index in [0.717, 1.165) is 25.1 Å². The molecule has 1 aliphatic rings. The van der Waals surface area contributed by atoms with Crippen molar-refractivity contribution in [3.05, 3.63) is 42.0 Å². The standard InChI is InChI=1S/C16H26N3O3PS/c1-5-6-7-14-22-23(18(3)12-13-19(23)4)17-24(20,21)16-10-8-15(2)9-11-16/h6-11H,5,12-14H2,1-4H3/b7-6-. The molecule has 0 amide bonds. The van der Waals surface area contributed by atoms with Crippen LogP contribution in [0.5, 0.6) is 0 Å². The van der Waals surface area contributed by atoms with Crippen LogP contribution in [0.1, 0.15) is 18.9 Å². The quantitative estimate of drug-likeness (QED) is 0.566. The Hall–Kier alpha value is -0.980. The molecule has 134 valence electrons. The molecule has 0 aliphatic carbocycles. The molecule has 0 atom stereocenters. The Morgan fingerprint density at radius 3 is 2.29 bits per heavy atom. The molecule has 0 N–H and O–H groups in total. The minimum atomic E-state index is -3.79. The van der Waals surface area contributed by atoms with Crippen molar-refractivity contribution in [1.29, 1.82) is 0 Å². The van der Waals surface area contributed by atoms with Crippen LogP contribution in [0.15, 0.2) is 45.5 Å². The zero-order valence-electron chi connectivity index (χ0n) is 14.7. The van der Waals surface area contributed by atoms with E-state index in [1.54, 1.807) is 24.3 Å². The molecule has 2 rings (SSSR count). The first kappa shape index (κ1) is 19.3. The minimum Gasteiger partial charge on any atom is -0.316 e. The molecule has 1 aromatic rings. The molecule has 1 aromatic carbocycles. The largest absolute Gasteiger partial charge is 0.316 e. The van der Waals surface area contributed by atoms with Gasteiger partial charge in [-0.1, -0.05) is 36.8 Å². The molecule has 6 nitrogen and oxygen atoms in total.